The molecule has 0 saturated heterocycles. The van der Waals surface area contributed by atoms with Crippen LogP contribution in [0.5, 0.6) is 0 Å². The molecule has 0 spiro atoms. The second-order valence-corrected chi connectivity index (χ2v) is 6.24. The van der Waals surface area contributed by atoms with Gasteiger partial charge in [0, 0.05) is 0 Å². The Morgan fingerprint density at radius 2 is 1.90 bits per heavy atom. The molecule has 0 aromatic carbocycles. The standard InChI is InChI=1S/C5H14NO2PS/c1-4(2)3-5(6)9(7,8)10/h4-5H,3,6H2,1-2H3,(H2,7,8,10). The zero-order valence-corrected chi connectivity index (χ0v) is 7.90. The summed E-state index contributed by atoms with van der Waals surface area (Å²) in [6.45, 7) is 0.727. The van der Waals surface area contributed by atoms with E-state index in [1.807, 2.05) is 13.8 Å². The minimum atomic E-state index is -3.20. The van der Waals surface area contributed by atoms with E-state index in [2.05, 4.69) is 11.8 Å². The van der Waals surface area contributed by atoms with Crippen molar-refractivity contribution in [3.05, 3.63) is 0 Å². The highest BCUT2D eigenvalue weighted by atomic mass is 32.5. The van der Waals surface area contributed by atoms with Gasteiger partial charge in [-0.2, -0.15) is 0 Å². The maximum atomic E-state index is 8.89. The van der Waals surface area contributed by atoms with Gasteiger partial charge in [-0.25, -0.2) is 0 Å². The molecule has 0 saturated carbocycles. The maximum Gasteiger partial charge on any atom is 0.200 e. The molecule has 62 valence electrons. The monoisotopic (exact) mass is 183 g/mol. The second-order valence-electron chi connectivity index (χ2n) is 2.79. The van der Waals surface area contributed by atoms with Crippen LogP contribution in [-0.2, 0) is 11.8 Å². The molecule has 0 rings (SSSR count). The molecule has 1 atom stereocenters. The van der Waals surface area contributed by atoms with Gasteiger partial charge in [0.05, 0.1) is 5.78 Å². The first-order valence-corrected chi connectivity index (χ1v) is 5.92. The van der Waals surface area contributed by atoms with Crippen LogP contribution in [0.4, 0.5) is 0 Å². The lowest BCUT2D eigenvalue weighted by Gasteiger charge is -2.17. The van der Waals surface area contributed by atoms with E-state index in [1.165, 1.54) is 0 Å². The number of nitrogens with two attached hydrogens (primary N) is 1. The molecule has 0 aliphatic carbocycles. The summed E-state index contributed by atoms with van der Waals surface area (Å²) in [6, 6.07) is 0. The van der Waals surface area contributed by atoms with Crippen LogP contribution < -0.4 is 5.73 Å². The van der Waals surface area contributed by atoms with Crippen LogP contribution in [0.2, 0.25) is 0 Å². The molecule has 0 heterocycles. The van der Waals surface area contributed by atoms with E-state index < -0.39 is 12.3 Å². The molecule has 0 aliphatic rings. The summed E-state index contributed by atoms with van der Waals surface area (Å²) < 4.78 is 0. The van der Waals surface area contributed by atoms with Crippen molar-refractivity contribution in [3.63, 3.8) is 0 Å². The van der Waals surface area contributed by atoms with Crippen LogP contribution in [0.1, 0.15) is 20.3 Å². The van der Waals surface area contributed by atoms with Crippen LogP contribution >= 0.6 is 6.49 Å². The fraction of sp³-hybridized carbons (Fsp3) is 1.00. The molecule has 10 heavy (non-hydrogen) atoms. The Hall–Kier alpha value is 0.530. The molecule has 3 nitrogen and oxygen atoms in total. The van der Waals surface area contributed by atoms with Crippen LogP contribution in [0, 0.1) is 5.92 Å². The third kappa shape index (κ3) is 4.36. The lowest BCUT2D eigenvalue weighted by atomic mass is 10.1. The first kappa shape index (κ1) is 10.5. The van der Waals surface area contributed by atoms with E-state index in [-0.39, 0.29) is 0 Å². The fourth-order valence-corrected chi connectivity index (χ4v) is 1.57. The Labute approximate surface area is 66.4 Å². The Morgan fingerprint density at radius 1 is 1.50 bits per heavy atom. The van der Waals surface area contributed by atoms with Crippen molar-refractivity contribution in [2.75, 3.05) is 0 Å². The van der Waals surface area contributed by atoms with E-state index in [4.69, 9.17) is 15.5 Å². The Morgan fingerprint density at radius 3 is 2.00 bits per heavy atom. The molecule has 0 radical (unpaired) electrons. The highest BCUT2D eigenvalue weighted by Gasteiger charge is 2.19. The van der Waals surface area contributed by atoms with E-state index in [1.54, 1.807) is 0 Å². The third-order valence-corrected chi connectivity index (χ3v) is 3.03. The van der Waals surface area contributed by atoms with Gasteiger partial charge in [0.25, 0.3) is 0 Å². The van der Waals surface area contributed by atoms with Crippen molar-refractivity contribution in [2.24, 2.45) is 11.7 Å². The average molecular weight is 183 g/mol. The topological polar surface area (TPSA) is 66.5 Å². The molecule has 1 unspecified atom stereocenters. The zero-order valence-electron chi connectivity index (χ0n) is 6.19. The highest BCUT2D eigenvalue weighted by molar-refractivity contribution is 8.09. The summed E-state index contributed by atoms with van der Waals surface area (Å²) in [4.78, 5) is 17.8. The Bertz CT molecular complexity index is 145. The van der Waals surface area contributed by atoms with Gasteiger partial charge in [-0.15, -0.1) is 0 Å². The lowest BCUT2D eigenvalue weighted by molar-refractivity contribution is 0.440. The molecular formula is C5H14NO2PS. The number of rotatable bonds is 3. The van der Waals surface area contributed by atoms with Gasteiger partial charge in [-0.05, 0) is 24.1 Å². The fourth-order valence-electron chi connectivity index (χ4n) is 0.620. The van der Waals surface area contributed by atoms with Crippen molar-refractivity contribution < 1.29 is 9.79 Å². The number of hydrogen-bond donors (Lipinski definition) is 3. The second kappa shape index (κ2) is 3.79. The molecule has 0 aliphatic heterocycles. The van der Waals surface area contributed by atoms with E-state index >= 15 is 0 Å². The predicted molar refractivity (Wildman–Crippen MR) is 46.2 cm³/mol. The van der Waals surface area contributed by atoms with E-state index in [0.29, 0.717) is 12.3 Å². The summed E-state index contributed by atoms with van der Waals surface area (Å²) in [5.41, 5.74) is 5.40. The van der Waals surface area contributed by atoms with Crippen molar-refractivity contribution in [1.82, 2.24) is 0 Å². The number of hydrogen-bond acceptors (Lipinski definition) is 2. The minimum Gasteiger partial charge on any atom is -0.344 e. The van der Waals surface area contributed by atoms with Crippen LogP contribution in [0.3, 0.4) is 0 Å². The van der Waals surface area contributed by atoms with Gasteiger partial charge in [0.2, 0.25) is 0 Å². The minimum absolute atomic E-state index is 0.358. The predicted octanol–water partition coefficient (Wildman–Crippen LogP) is 0.611. The lowest BCUT2D eigenvalue weighted by Crippen LogP contribution is -2.21. The van der Waals surface area contributed by atoms with Crippen molar-refractivity contribution in [1.29, 1.82) is 0 Å². The van der Waals surface area contributed by atoms with Crippen LogP contribution in [0.25, 0.3) is 0 Å². The summed E-state index contributed by atoms with van der Waals surface area (Å²) >= 11 is 4.42. The van der Waals surface area contributed by atoms with E-state index in [9.17, 15) is 0 Å². The molecule has 0 bridgehead atoms. The quantitative estimate of drug-likeness (QED) is 0.561. The zero-order chi connectivity index (χ0) is 8.36. The molecular weight excluding hydrogens is 169 g/mol. The van der Waals surface area contributed by atoms with Gasteiger partial charge >= 0.3 is 0 Å². The van der Waals surface area contributed by atoms with Gasteiger partial charge in [0.1, 0.15) is 0 Å². The summed E-state index contributed by atoms with van der Waals surface area (Å²) in [6.07, 6.45) is 0.574. The molecule has 0 aromatic rings. The van der Waals surface area contributed by atoms with Crippen molar-refractivity contribution in [2.45, 2.75) is 26.1 Å². The smallest absolute Gasteiger partial charge is 0.200 e. The molecule has 4 N–H and O–H groups in total. The first-order chi connectivity index (χ1) is 4.34. The average Bonchev–Trinajstić information content (AvgIpc) is 1.60. The van der Waals surface area contributed by atoms with E-state index in [0.717, 1.165) is 0 Å². The van der Waals surface area contributed by atoms with Gasteiger partial charge in [-0.1, -0.05) is 13.8 Å². The Kier molecular flexibility index (Phi) is 3.99. The van der Waals surface area contributed by atoms with Gasteiger partial charge < -0.3 is 15.5 Å². The van der Waals surface area contributed by atoms with Gasteiger partial charge in [-0.3, -0.25) is 0 Å². The van der Waals surface area contributed by atoms with Gasteiger partial charge in [0.15, 0.2) is 6.49 Å². The Balaban J connectivity index is 3.86. The van der Waals surface area contributed by atoms with Crippen LogP contribution in [-0.4, -0.2) is 15.6 Å². The SMILES string of the molecule is CC(C)CC(N)P(O)(O)=S. The molecule has 0 amide bonds. The molecule has 0 fully saturated rings. The van der Waals surface area contributed by atoms with Crippen molar-refractivity contribution >= 4 is 18.3 Å². The molecule has 5 heteroatoms. The third-order valence-electron chi connectivity index (χ3n) is 1.14. The van der Waals surface area contributed by atoms with Crippen LogP contribution in [0.15, 0.2) is 0 Å². The largest absolute Gasteiger partial charge is 0.344 e. The first-order valence-electron chi connectivity index (χ1n) is 3.15. The maximum absolute atomic E-state index is 8.89. The molecule has 0 aromatic heterocycles. The van der Waals surface area contributed by atoms with Crippen molar-refractivity contribution in [3.8, 4) is 0 Å². The summed E-state index contributed by atoms with van der Waals surface area (Å²) in [5.74, 6) is -0.265. The summed E-state index contributed by atoms with van der Waals surface area (Å²) in [5, 5.41) is 0. The highest BCUT2D eigenvalue weighted by Crippen LogP contribution is 2.41. The normalized spacial score (nSPS) is 15.8. The summed E-state index contributed by atoms with van der Waals surface area (Å²) in [7, 11) is 0.